The van der Waals surface area contributed by atoms with Crippen molar-refractivity contribution in [2.24, 2.45) is 0 Å². The fourth-order valence-corrected chi connectivity index (χ4v) is 2.62. The maximum Gasteiger partial charge on any atom is 0.204 e. The summed E-state index contributed by atoms with van der Waals surface area (Å²) < 4.78 is 5.26. The van der Waals surface area contributed by atoms with Crippen LogP contribution < -0.4 is 4.43 Å². The molecule has 0 aromatic heterocycles. The summed E-state index contributed by atoms with van der Waals surface area (Å²) in [6, 6.07) is 9.90. The van der Waals surface area contributed by atoms with Crippen molar-refractivity contribution in [2.45, 2.75) is 32.1 Å². The number of aryl methyl sites for hydroxylation is 1. The van der Waals surface area contributed by atoms with Gasteiger partial charge >= 0.3 is 0 Å². The molecule has 1 aromatic carbocycles. The lowest BCUT2D eigenvalue weighted by Gasteiger charge is -2.15. The molecule has 0 atom stereocenters. The number of rotatable bonds is 4. The van der Waals surface area contributed by atoms with Crippen LogP contribution in [-0.2, 0) is 6.42 Å². The molecule has 78 valence electrons. The molecule has 1 rings (SSSR count). The average molecular weight is 224 g/mol. The van der Waals surface area contributed by atoms with Gasteiger partial charge in [0.05, 0.1) is 0 Å². The maximum atomic E-state index is 5.26. The highest BCUT2D eigenvalue weighted by Gasteiger charge is 2.12. The number of benzene rings is 1. The summed E-state index contributed by atoms with van der Waals surface area (Å²) in [7, 11) is -0.110. The second kappa shape index (κ2) is 4.80. The van der Waals surface area contributed by atoms with Gasteiger partial charge in [0, 0.05) is 8.07 Å². The van der Waals surface area contributed by atoms with Crippen molar-refractivity contribution in [2.75, 3.05) is 0 Å². The van der Waals surface area contributed by atoms with Crippen molar-refractivity contribution in [3.63, 3.8) is 0 Å². The van der Waals surface area contributed by atoms with E-state index in [1.165, 1.54) is 18.0 Å². The number of hydrogen-bond donors (Lipinski definition) is 0. The van der Waals surface area contributed by atoms with Crippen molar-refractivity contribution >= 4 is 18.6 Å². The van der Waals surface area contributed by atoms with Crippen LogP contribution in [0.3, 0.4) is 0 Å². The molecule has 0 saturated heterocycles. The van der Waals surface area contributed by atoms with Crippen molar-refractivity contribution < 1.29 is 4.43 Å². The van der Waals surface area contributed by atoms with Crippen molar-refractivity contribution in [3.8, 4) is 5.75 Å². The van der Waals surface area contributed by atoms with Gasteiger partial charge in [0.1, 0.15) is 5.75 Å². The first-order valence-corrected chi connectivity index (χ1v) is 9.66. The molecule has 0 aliphatic heterocycles. The Hall–Kier alpha value is -0.546. The molecule has 0 N–H and O–H groups in total. The Morgan fingerprint density at radius 2 is 1.71 bits per heavy atom. The molecule has 0 fully saturated rings. The van der Waals surface area contributed by atoms with E-state index < -0.39 is 8.07 Å². The third kappa shape index (κ3) is 4.11. The fourth-order valence-electron chi connectivity index (χ4n) is 1.31. The minimum Gasteiger partial charge on any atom is -0.553 e. The molecule has 0 aliphatic carbocycles. The standard InChI is InChI=1S/C11H20OSi2/c1-14(2,3)9-8-10-4-6-11(12-13)7-5-10/h4-7H,8-9H2,1-3,13H3. The third-order valence-electron chi connectivity index (χ3n) is 2.32. The maximum absolute atomic E-state index is 5.26. The van der Waals surface area contributed by atoms with E-state index in [1.54, 1.807) is 0 Å². The predicted molar refractivity (Wildman–Crippen MR) is 68.9 cm³/mol. The van der Waals surface area contributed by atoms with Crippen LogP contribution in [0, 0.1) is 0 Å². The molecule has 1 aromatic rings. The molecule has 0 spiro atoms. The summed E-state index contributed by atoms with van der Waals surface area (Å²) in [5.41, 5.74) is 1.44. The van der Waals surface area contributed by atoms with Gasteiger partial charge < -0.3 is 4.43 Å². The van der Waals surface area contributed by atoms with Gasteiger partial charge in [-0.15, -0.1) is 0 Å². The SMILES string of the molecule is C[Si](C)(C)CCc1ccc(O[SiH3])cc1. The molecule has 0 radical (unpaired) electrons. The second-order valence-corrected chi connectivity index (χ2v) is 10.9. The molecule has 0 heterocycles. The molecule has 0 amide bonds. The van der Waals surface area contributed by atoms with E-state index in [1.807, 2.05) is 0 Å². The van der Waals surface area contributed by atoms with Crippen LogP contribution in [0.2, 0.25) is 25.7 Å². The largest absolute Gasteiger partial charge is 0.553 e. The molecule has 0 bridgehead atoms. The molecule has 14 heavy (non-hydrogen) atoms. The molecule has 0 saturated carbocycles. The van der Waals surface area contributed by atoms with Crippen molar-refractivity contribution in [1.82, 2.24) is 0 Å². The average Bonchev–Trinajstić information content (AvgIpc) is 2.14. The highest BCUT2D eigenvalue weighted by molar-refractivity contribution is 6.76. The first kappa shape index (κ1) is 11.5. The molecule has 1 nitrogen and oxygen atoms in total. The minimum absolute atomic E-state index is 0.776. The lowest BCUT2D eigenvalue weighted by molar-refractivity contribution is 0.616. The van der Waals surface area contributed by atoms with Gasteiger partial charge in [-0.2, -0.15) is 0 Å². The van der Waals surface area contributed by atoms with Gasteiger partial charge in [-0.3, -0.25) is 0 Å². The zero-order chi connectivity index (χ0) is 10.6. The summed E-state index contributed by atoms with van der Waals surface area (Å²) >= 11 is 0. The van der Waals surface area contributed by atoms with Gasteiger partial charge in [0.25, 0.3) is 0 Å². The minimum atomic E-state index is -0.886. The molecular formula is C11H20OSi2. The van der Waals surface area contributed by atoms with Crippen LogP contribution in [0.15, 0.2) is 24.3 Å². The third-order valence-corrected chi connectivity index (χ3v) is 4.54. The lowest BCUT2D eigenvalue weighted by Crippen LogP contribution is -2.19. The first-order valence-electron chi connectivity index (χ1n) is 5.14. The summed E-state index contributed by atoms with van der Waals surface area (Å²) in [5.74, 6) is 1.01. The van der Waals surface area contributed by atoms with Gasteiger partial charge in [-0.05, 0) is 24.1 Å². The van der Waals surface area contributed by atoms with Crippen LogP contribution >= 0.6 is 0 Å². The van der Waals surface area contributed by atoms with E-state index in [9.17, 15) is 0 Å². The topological polar surface area (TPSA) is 9.23 Å². The Labute approximate surface area is 91.0 Å². The smallest absolute Gasteiger partial charge is 0.204 e. The second-order valence-electron chi connectivity index (χ2n) is 4.91. The van der Waals surface area contributed by atoms with Crippen molar-refractivity contribution in [3.05, 3.63) is 29.8 Å². The van der Waals surface area contributed by atoms with E-state index in [4.69, 9.17) is 4.43 Å². The normalized spacial score (nSPS) is 11.6. The monoisotopic (exact) mass is 224 g/mol. The van der Waals surface area contributed by atoms with Crippen LogP contribution in [-0.4, -0.2) is 18.6 Å². The zero-order valence-electron chi connectivity index (χ0n) is 9.63. The highest BCUT2D eigenvalue weighted by Crippen LogP contribution is 2.16. The Kier molecular flexibility index (Phi) is 3.95. The van der Waals surface area contributed by atoms with Crippen LogP contribution in [0.1, 0.15) is 5.56 Å². The predicted octanol–water partition coefficient (Wildman–Crippen LogP) is 2.23. The van der Waals surface area contributed by atoms with Gasteiger partial charge in [-0.1, -0.05) is 37.8 Å². The molecule has 0 unspecified atom stereocenters. The Morgan fingerprint density at radius 1 is 1.14 bits per heavy atom. The zero-order valence-corrected chi connectivity index (χ0v) is 12.6. The van der Waals surface area contributed by atoms with E-state index in [-0.39, 0.29) is 0 Å². The summed E-state index contributed by atoms with van der Waals surface area (Å²) in [6.07, 6.45) is 1.22. The van der Waals surface area contributed by atoms with Crippen molar-refractivity contribution in [1.29, 1.82) is 0 Å². The first-order chi connectivity index (χ1) is 6.51. The molecule has 3 heteroatoms. The van der Waals surface area contributed by atoms with Gasteiger partial charge in [0.15, 0.2) is 0 Å². The highest BCUT2D eigenvalue weighted by atomic mass is 28.3. The van der Waals surface area contributed by atoms with Gasteiger partial charge in [0.2, 0.25) is 10.5 Å². The molecule has 0 aliphatic rings. The summed E-state index contributed by atoms with van der Waals surface area (Å²) in [5, 5.41) is 0. The van der Waals surface area contributed by atoms with E-state index in [2.05, 4.69) is 43.9 Å². The lowest BCUT2D eigenvalue weighted by atomic mass is 10.2. The Balaban J connectivity index is 2.52. The van der Waals surface area contributed by atoms with Crippen LogP contribution in [0.5, 0.6) is 5.75 Å². The van der Waals surface area contributed by atoms with Crippen LogP contribution in [0.25, 0.3) is 0 Å². The Morgan fingerprint density at radius 3 is 2.14 bits per heavy atom. The number of hydrogen-bond acceptors (Lipinski definition) is 1. The van der Waals surface area contributed by atoms with E-state index in [0.29, 0.717) is 0 Å². The van der Waals surface area contributed by atoms with Gasteiger partial charge in [-0.25, -0.2) is 0 Å². The van der Waals surface area contributed by atoms with E-state index >= 15 is 0 Å². The summed E-state index contributed by atoms with van der Waals surface area (Å²) in [4.78, 5) is 0. The van der Waals surface area contributed by atoms with Crippen LogP contribution in [0.4, 0.5) is 0 Å². The quantitative estimate of drug-likeness (QED) is 0.713. The van der Waals surface area contributed by atoms with E-state index in [0.717, 1.165) is 16.2 Å². The summed E-state index contributed by atoms with van der Waals surface area (Å²) in [6.45, 7) is 7.26. The Bertz CT molecular complexity index is 274. The fraction of sp³-hybridized carbons (Fsp3) is 0.455. The molecular weight excluding hydrogens is 204 g/mol.